The number of anilines is 1. The van der Waals surface area contributed by atoms with Crippen LogP contribution in [0.5, 0.6) is 0 Å². The number of benzene rings is 1. The van der Waals surface area contributed by atoms with Crippen molar-refractivity contribution in [1.29, 1.82) is 0 Å². The van der Waals surface area contributed by atoms with Gasteiger partial charge in [0.05, 0.1) is 0 Å². The Morgan fingerprint density at radius 3 is 3.05 bits per heavy atom. The van der Waals surface area contributed by atoms with Crippen LogP contribution in [0.1, 0.15) is 17.2 Å². The van der Waals surface area contributed by atoms with Crippen LogP contribution in [0, 0.1) is 0 Å². The zero-order chi connectivity index (χ0) is 15.1. The molecule has 1 aliphatic heterocycles. The van der Waals surface area contributed by atoms with E-state index < -0.39 is 0 Å². The number of hydrogen-bond acceptors (Lipinski definition) is 5. The van der Waals surface area contributed by atoms with Crippen LogP contribution < -0.4 is 5.32 Å². The molecule has 1 aromatic carbocycles. The van der Waals surface area contributed by atoms with Crippen molar-refractivity contribution in [2.75, 3.05) is 12.4 Å². The number of carbonyl (C=O) groups is 1. The molecular formula is C15H12N4O2Se. The van der Waals surface area contributed by atoms with Crippen molar-refractivity contribution in [2.45, 2.75) is 5.92 Å². The molecule has 22 heavy (non-hydrogen) atoms. The zero-order valence-electron chi connectivity index (χ0n) is 11.7. The fourth-order valence-corrected chi connectivity index (χ4v) is 3.95. The normalized spacial score (nSPS) is 16.8. The van der Waals surface area contributed by atoms with Crippen LogP contribution in [0.25, 0.3) is 10.9 Å². The molecule has 6 nitrogen and oxygen atoms in total. The molecule has 2 aromatic heterocycles. The fraction of sp³-hybridized carbons (Fsp3) is 0.133. The van der Waals surface area contributed by atoms with Crippen LogP contribution in [0.15, 0.2) is 42.2 Å². The molecule has 0 amide bonds. The van der Waals surface area contributed by atoms with Gasteiger partial charge in [-0.3, -0.25) is 0 Å². The summed E-state index contributed by atoms with van der Waals surface area (Å²) >= 11 is -0.165. The van der Waals surface area contributed by atoms with Crippen molar-refractivity contribution in [1.82, 2.24) is 12.9 Å². The summed E-state index contributed by atoms with van der Waals surface area (Å²) in [6.45, 7) is 0. The number of fused-ring (bicyclic) bond motifs is 2. The molecule has 0 fully saturated rings. The van der Waals surface area contributed by atoms with Crippen molar-refractivity contribution in [3.05, 3.63) is 53.5 Å². The van der Waals surface area contributed by atoms with Gasteiger partial charge in [-0.05, 0) is 0 Å². The molecule has 110 valence electrons. The topological polar surface area (TPSA) is 79.9 Å². The summed E-state index contributed by atoms with van der Waals surface area (Å²) in [5.41, 5.74) is 3.40. The first kappa shape index (κ1) is 13.3. The van der Waals surface area contributed by atoms with Gasteiger partial charge in [0.2, 0.25) is 0 Å². The molecule has 0 saturated heterocycles. The van der Waals surface area contributed by atoms with Crippen LogP contribution in [0.3, 0.4) is 0 Å². The van der Waals surface area contributed by atoms with E-state index in [-0.39, 0.29) is 26.8 Å². The quantitative estimate of drug-likeness (QED) is 0.537. The zero-order valence-corrected chi connectivity index (χ0v) is 13.4. The molecule has 0 saturated carbocycles. The Morgan fingerprint density at radius 2 is 2.18 bits per heavy atom. The van der Waals surface area contributed by atoms with Gasteiger partial charge in [0.1, 0.15) is 0 Å². The third-order valence-corrected chi connectivity index (χ3v) is 4.95. The second-order valence-corrected chi connectivity index (χ2v) is 6.07. The second kappa shape index (κ2) is 5.12. The summed E-state index contributed by atoms with van der Waals surface area (Å²) in [7, 11) is 1.39. The van der Waals surface area contributed by atoms with Gasteiger partial charge in [0.25, 0.3) is 0 Å². The molecular weight excluding hydrogens is 347 g/mol. The molecule has 1 unspecified atom stereocenters. The number of aromatic nitrogens is 3. The molecule has 1 atom stereocenters. The molecule has 1 aliphatic rings. The Labute approximate surface area is 132 Å². The van der Waals surface area contributed by atoms with Gasteiger partial charge in [0.15, 0.2) is 0 Å². The molecule has 3 heterocycles. The molecule has 7 heteroatoms. The first-order valence-corrected chi connectivity index (χ1v) is 8.26. The van der Waals surface area contributed by atoms with Gasteiger partial charge < -0.3 is 0 Å². The van der Waals surface area contributed by atoms with Gasteiger partial charge >= 0.3 is 132 Å². The predicted molar refractivity (Wildman–Crippen MR) is 82.8 cm³/mol. The number of methoxy groups -OCH3 is 1. The van der Waals surface area contributed by atoms with Gasteiger partial charge in [0, 0.05) is 0 Å². The summed E-state index contributed by atoms with van der Waals surface area (Å²) < 4.78 is 13.8. The molecule has 0 radical (unpaired) electrons. The number of esters is 1. The van der Waals surface area contributed by atoms with Crippen LogP contribution in [0.4, 0.5) is 5.82 Å². The Morgan fingerprint density at radius 1 is 1.32 bits per heavy atom. The summed E-state index contributed by atoms with van der Waals surface area (Å²) in [5.74, 6) is 0.139. The maximum atomic E-state index is 12.2. The van der Waals surface area contributed by atoms with Crippen LogP contribution >= 0.6 is 0 Å². The minimum absolute atomic E-state index is 0.165. The van der Waals surface area contributed by atoms with Crippen molar-refractivity contribution < 1.29 is 9.53 Å². The number of nitrogens with zero attached hydrogens (tertiary/aromatic N) is 2. The second-order valence-electron chi connectivity index (χ2n) is 4.96. The number of rotatable bonds is 2. The third-order valence-electron chi connectivity index (χ3n) is 3.82. The number of hydrogen-bond donors (Lipinski definition) is 2. The monoisotopic (exact) mass is 360 g/mol. The van der Waals surface area contributed by atoms with E-state index in [2.05, 4.69) is 18.3 Å². The molecule has 2 N–H and O–H groups in total. The summed E-state index contributed by atoms with van der Waals surface area (Å²) in [5, 5.41) is 4.12. The minimum atomic E-state index is -0.357. The molecule has 3 aromatic rings. The van der Waals surface area contributed by atoms with E-state index in [1.807, 2.05) is 30.5 Å². The first-order valence-electron chi connectivity index (χ1n) is 6.73. The van der Waals surface area contributed by atoms with E-state index in [0.717, 1.165) is 28.0 Å². The number of nitrogens with one attached hydrogen (secondary N) is 2. The number of ether oxygens (including phenoxy) is 1. The van der Waals surface area contributed by atoms with Gasteiger partial charge in [-0.2, -0.15) is 0 Å². The Kier molecular flexibility index (Phi) is 3.10. The maximum absolute atomic E-state index is 12.2. The van der Waals surface area contributed by atoms with Gasteiger partial charge in [-0.25, -0.2) is 0 Å². The number of H-pyrrole nitrogens is 1. The van der Waals surface area contributed by atoms with E-state index in [4.69, 9.17) is 4.74 Å². The Balaban J connectivity index is 1.94. The average molecular weight is 359 g/mol. The molecule has 0 bridgehead atoms. The van der Waals surface area contributed by atoms with Crippen LogP contribution in [-0.4, -0.2) is 41.0 Å². The first-order chi connectivity index (χ1) is 10.8. The average Bonchev–Trinajstić information content (AvgIpc) is 3.19. The standard InChI is InChI=1S/C15H12N4O2Se/c1-21-15(20)10-7-17-14-13(18-22-19-14)12(10)9-6-16-11-5-3-2-4-8(9)11/h2-7,12,16H,1H3,(H,17,19). The van der Waals surface area contributed by atoms with E-state index >= 15 is 0 Å². The number of aromatic amines is 1. The van der Waals surface area contributed by atoms with E-state index in [1.54, 1.807) is 6.20 Å². The molecule has 4 rings (SSSR count). The molecule has 0 spiro atoms. The summed E-state index contributed by atoms with van der Waals surface area (Å²) in [6, 6.07) is 8.01. The molecule has 0 aliphatic carbocycles. The number of para-hydroxylation sites is 1. The van der Waals surface area contributed by atoms with Crippen LogP contribution in [-0.2, 0) is 9.53 Å². The van der Waals surface area contributed by atoms with E-state index in [0.29, 0.717) is 5.57 Å². The van der Waals surface area contributed by atoms with Crippen molar-refractivity contribution in [3.63, 3.8) is 0 Å². The van der Waals surface area contributed by atoms with Crippen molar-refractivity contribution in [2.24, 2.45) is 0 Å². The van der Waals surface area contributed by atoms with E-state index in [9.17, 15) is 4.79 Å². The SMILES string of the molecule is COC(=O)C1=CNc2n[se]nc2C1c1c[nH]c2ccccc12. The van der Waals surface area contributed by atoms with Crippen molar-refractivity contribution >= 4 is 37.7 Å². The Bertz CT molecular complexity index is 896. The summed E-state index contributed by atoms with van der Waals surface area (Å²) in [4.78, 5) is 15.4. The van der Waals surface area contributed by atoms with E-state index in [1.165, 1.54) is 7.11 Å². The Hall–Kier alpha value is -2.37. The predicted octanol–water partition coefficient (Wildman–Crippen LogP) is 1.63. The van der Waals surface area contributed by atoms with Gasteiger partial charge in [-0.1, -0.05) is 0 Å². The third kappa shape index (κ3) is 1.90. The number of carbonyl (C=O) groups excluding carboxylic acids is 1. The fourth-order valence-electron chi connectivity index (χ4n) is 2.80. The van der Waals surface area contributed by atoms with Crippen LogP contribution in [0.2, 0.25) is 0 Å². The van der Waals surface area contributed by atoms with Crippen molar-refractivity contribution in [3.8, 4) is 0 Å². The summed E-state index contributed by atoms with van der Waals surface area (Å²) in [6.07, 6.45) is 3.61. The van der Waals surface area contributed by atoms with Gasteiger partial charge in [-0.15, -0.1) is 0 Å².